The van der Waals surface area contributed by atoms with Crippen LogP contribution in [-0.4, -0.2) is 19.0 Å². The van der Waals surface area contributed by atoms with Crippen molar-refractivity contribution in [3.05, 3.63) is 53.7 Å². The molecule has 0 N–H and O–H groups in total. The van der Waals surface area contributed by atoms with Crippen molar-refractivity contribution >= 4 is 5.57 Å². The van der Waals surface area contributed by atoms with Crippen LogP contribution in [0, 0.1) is 0 Å². The third-order valence-corrected chi connectivity index (χ3v) is 2.51. The standard InChI is InChI=1S/C14H19N/c1-12(10-11-13(2)15(3)4)14-8-6-5-7-9-14/h5-11H,1-4H3/b12-10+,13-11+. The quantitative estimate of drug-likeness (QED) is 0.676. The Labute approximate surface area is 92.7 Å². The number of hydrogen-bond donors (Lipinski definition) is 0. The van der Waals surface area contributed by atoms with Crippen LogP contribution in [0.25, 0.3) is 5.57 Å². The largest absolute Gasteiger partial charge is 0.381 e. The Morgan fingerprint density at radius 2 is 1.60 bits per heavy atom. The molecule has 0 spiro atoms. The van der Waals surface area contributed by atoms with Gasteiger partial charge in [0, 0.05) is 19.8 Å². The van der Waals surface area contributed by atoms with Gasteiger partial charge < -0.3 is 4.90 Å². The van der Waals surface area contributed by atoms with Crippen LogP contribution in [0.3, 0.4) is 0 Å². The van der Waals surface area contributed by atoms with Crippen LogP contribution in [0.4, 0.5) is 0 Å². The Balaban J connectivity index is 2.82. The molecular weight excluding hydrogens is 182 g/mol. The number of allylic oxidation sites excluding steroid dienone is 4. The lowest BCUT2D eigenvalue weighted by atomic mass is 10.1. The maximum atomic E-state index is 2.16. The highest BCUT2D eigenvalue weighted by molar-refractivity contribution is 5.65. The summed E-state index contributed by atoms with van der Waals surface area (Å²) in [7, 11) is 4.11. The third kappa shape index (κ3) is 3.62. The van der Waals surface area contributed by atoms with Crippen LogP contribution in [0.5, 0.6) is 0 Å². The number of benzene rings is 1. The fourth-order valence-electron chi connectivity index (χ4n) is 1.19. The second kappa shape index (κ2) is 5.40. The predicted molar refractivity (Wildman–Crippen MR) is 67.5 cm³/mol. The third-order valence-electron chi connectivity index (χ3n) is 2.51. The molecule has 0 unspecified atom stereocenters. The lowest BCUT2D eigenvalue weighted by molar-refractivity contribution is 0.514. The maximum Gasteiger partial charge on any atom is 0.00959 e. The van der Waals surface area contributed by atoms with Gasteiger partial charge in [0.1, 0.15) is 0 Å². The van der Waals surface area contributed by atoms with Crippen molar-refractivity contribution in [2.45, 2.75) is 13.8 Å². The maximum absolute atomic E-state index is 2.16. The normalized spacial score (nSPS) is 12.8. The van der Waals surface area contributed by atoms with Crippen LogP contribution in [0.15, 0.2) is 48.2 Å². The van der Waals surface area contributed by atoms with E-state index in [2.05, 4.69) is 69.3 Å². The minimum absolute atomic E-state index is 1.25. The Morgan fingerprint density at radius 3 is 2.13 bits per heavy atom. The molecule has 0 fully saturated rings. The SMILES string of the molecule is C/C(=C\C=C(/C)N(C)C)c1ccccc1. The van der Waals surface area contributed by atoms with Crippen molar-refractivity contribution in [1.29, 1.82) is 0 Å². The van der Waals surface area contributed by atoms with Crippen molar-refractivity contribution in [1.82, 2.24) is 4.90 Å². The first-order chi connectivity index (χ1) is 7.11. The van der Waals surface area contributed by atoms with Gasteiger partial charge in [-0.05, 0) is 31.1 Å². The first-order valence-corrected chi connectivity index (χ1v) is 5.19. The molecule has 15 heavy (non-hydrogen) atoms. The molecule has 1 heteroatoms. The molecule has 0 bridgehead atoms. The monoisotopic (exact) mass is 201 g/mol. The molecule has 1 aromatic rings. The molecule has 0 amide bonds. The van der Waals surface area contributed by atoms with Crippen LogP contribution < -0.4 is 0 Å². The Kier molecular flexibility index (Phi) is 4.17. The fourth-order valence-corrected chi connectivity index (χ4v) is 1.19. The van der Waals surface area contributed by atoms with Crippen LogP contribution >= 0.6 is 0 Å². The Morgan fingerprint density at radius 1 is 1.00 bits per heavy atom. The second-order valence-corrected chi connectivity index (χ2v) is 3.92. The number of hydrogen-bond acceptors (Lipinski definition) is 1. The Bertz CT molecular complexity index is 358. The average molecular weight is 201 g/mol. The van der Waals surface area contributed by atoms with Crippen molar-refractivity contribution in [2.75, 3.05) is 14.1 Å². The van der Waals surface area contributed by atoms with Gasteiger partial charge in [0.05, 0.1) is 0 Å². The summed E-state index contributed by atoms with van der Waals surface area (Å²) in [6.07, 6.45) is 4.30. The van der Waals surface area contributed by atoms with E-state index in [1.54, 1.807) is 0 Å². The zero-order valence-corrected chi connectivity index (χ0v) is 9.99. The van der Waals surface area contributed by atoms with E-state index in [1.165, 1.54) is 16.8 Å². The topological polar surface area (TPSA) is 3.24 Å². The zero-order valence-electron chi connectivity index (χ0n) is 9.99. The van der Waals surface area contributed by atoms with Crippen molar-refractivity contribution in [3.8, 4) is 0 Å². The molecule has 0 aliphatic heterocycles. The van der Waals surface area contributed by atoms with Gasteiger partial charge in [-0.1, -0.05) is 36.4 Å². The van der Waals surface area contributed by atoms with Gasteiger partial charge in [-0.3, -0.25) is 0 Å². The molecule has 1 aromatic carbocycles. The molecule has 0 aromatic heterocycles. The van der Waals surface area contributed by atoms with Gasteiger partial charge in [-0.15, -0.1) is 0 Å². The van der Waals surface area contributed by atoms with E-state index in [-0.39, 0.29) is 0 Å². The van der Waals surface area contributed by atoms with Crippen molar-refractivity contribution in [2.24, 2.45) is 0 Å². The minimum atomic E-state index is 1.25. The van der Waals surface area contributed by atoms with Gasteiger partial charge >= 0.3 is 0 Å². The summed E-state index contributed by atoms with van der Waals surface area (Å²) < 4.78 is 0. The molecule has 0 saturated heterocycles. The number of nitrogens with zero attached hydrogens (tertiary/aromatic N) is 1. The van der Waals surface area contributed by atoms with Crippen LogP contribution in [0.1, 0.15) is 19.4 Å². The summed E-state index contributed by atoms with van der Waals surface area (Å²) in [4.78, 5) is 2.11. The van der Waals surface area contributed by atoms with E-state index in [0.29, 0.717) is 0 Å². The molecule has 0 heterocycles. The minimum Gasteiger partial charge on any atom is -0.381 e. The average Bonchev–Trinajstić information content (AvgIpc) is 2.26. The lowest BCUT2D eigenvalue weighted by Crippen LogP contribution is -2.07. The molecular formula is C14H19N. The summed E-state index contributed by atoms with van der Waals surface area (Å²) in [5.41, 5.74) is 3.82. The smallest absolute Gasteiger partial charge is 0.00959 e. The predicted octanol–water partition coefficient (Wildman–Crippen LogP) is 3.56. The van der Waals surface area contributed by atoms with E-state index in [1.807, 2.05) is 6.07 Å². The molecule has 1 nitrogen and oxygen atoms in total. The summed E-state index contributed by atoms with van der Waals surface area (Å²) >= 11 is 0. The zero-order chi connectivity index (χ0) is 11.3. The summed E-state index contributed by atoms with van der Waals surface area (Å²) in [6.45, 7) is 4.24. The first-order valence-electron chi connectivity index (χ1n) is 5.19. The van der Waals surface area contributed by atoms with Gasteiger partial charge in [-0.2, -0.15) is 0 Å². The second-order valence-electron chi connectivity index (χ2n) is 3.92. The molecule has 80 valence electrons. The van der Waals surface area contributed by atoms with Gasteiger partial charge in [0.15, 0.2) is 0 Å². The molecule has 0 aliphatic carbocycles. The molecule has 1 rings (SSSR count). The van der Waals surface area contributed by atoms with Crippen LogP contribution in [0.2, 0.25) is 0 Å². The lowest BCUT2D eigenvalue weighted by Gasteiger charge is -2.11. The van der Waals surface area contributed by atoms with E-state index in [4.69, 9.17) is 0 Å². The highest BCUT2D eigenvalue weighted by Gasteiger charge is 1.92. The first kappa shape index (κ1) is 11.6. The van der Waals surface area contributed by atoms with E-state index in [9.17, 15) is 0 Å². The van der Waals surface area contributed by atoms with E-state index in [0.717, 1.165) is 0 Å². The number of rotatable bonds is 3. The fraction of sp³-hybridized carbons (Fsp3) is 0.286. The molecule has 0 radical (unpaired) electrons. The summed E-state index contributed by atoms with van der Waals surface area (Å²) in [5, 5.41) is 0. The summed E-state index contributed by atoms with van der Waals surface area (Å²) in [6, 6.07) is 10.4. The molecule has 0 saturated carbocycles. The van der Waals surface area contributed by atoms with Gasteiger partial charge in [0.2, 0.25) is 0 Å². The summed E-state index contributed by atoms with van der Waals surface area (Å²) in [5.74, 6) is 0. The van der Waals surface area contributed by atoms with Gasteiger partial charge in [0.25, 0.3) is 0 Å². The molecule has 0 atom stereocenters. The van der Waals surface area contributed by atoms with Gasteiger partial charge in [-0.25, -0.2) is 0 Å². The van der Waals surface area contributed by atoms with E-state index < -0.39 is 0 Å². The highest BCUT2D eigenvalue weighted by atomic mass is 15.1. The highest BCUT2D eigenvalue weighted by Crippen LogP contribution is 2.13. The van der Waals surface area contributed by atoms with Crippen LogP contribution in [-0.2, 0) is 0 Å². The van der Waals surface area contributed by atoms with E-state index >= 15 is 0 Å². The van der Waals surface area contributed by atoms with Crippen molar-refractivity contribution < 1.29 is 0 Å². The van der Waals surface area contributed by atoms with Crippen molar-refractivity contribution in [3.63, 3.8) is 0 Å². The molecule has 0 aliphatic rings. The Hall–Kier alpha value is -1.50.